The summed E-state index contributed by atoms with van der Waals surface area (Å²) in [6.45, 7) is 2.78. The Bertz CT molecular complexity index is 548. The molecule has 2 aromatic rings. The van der Waals surface area contributed by atoms with Gasteiger partial charge in [-0.25, -0.2) is 8.78 Å². The molecule has 1 unspecified atom stereocenters. The smallest absolute Gasteiger partial charge is 0.126 e. The van der Waals surface area contributed by atoms with Crippen molar-refractivity contribution in [3.63, 3.8) is 0 Å². The lowest BCUT2D eigenvalue weighted by Crippen LogP contribution is -2.33. The number of nitrogens with one attached hydrogen (secondary N) is 1. The largest absolute Gasteiger partial charge is 0.314 e. The summed E-state index contributed by atoms with van der Waals surface area (Å²) < 4.78 is 28.1. The van der Waals surface area contributed by atoms with E-state index in [0.29, 0.717) is 18.4 Å². The number of likely N-dealkylation sites (N-methyl/N-ethyl adjacent to an activating group) is 1. The average Bonchev–Trinajstić information content (AvgIpc) is 2.73. The van der Waals surface area contributed by atoms with Crippen molar-refractivity contribution in [1.82, 2.24) is 20.3 Å². The van der Waals surface area contributed by atoms with Gasteiger partial charge in [0.05, 0.1) is 5.69 Å². The number of rotatable bonds is 6. The molecular weight excluding hydrogens is 262 g/mol. The van der Waals surface area contributed by atoms with Crippen LogP contribution in [0.1, 0.15) is 18.2 Å². The average molecular weight is 280 g/mol. The molecular formula is C14H18F2N4. The van der Waals surface area contributed by atoms with Crippen molar-refractivity contribution >= 4 is 0 Å². The molecule has 0 aliphatic heterocycles. The number of halogens is 2. The Balaban J connectivity index is 2.08. The Labute approximate surface area is 116 Å². The van der Waals surface area contributed by atoms with Crippen LogP contribution in [0.4, 0.5) is 8.78 Å². The molecule has 0 saturated heterocycles. The highest BCUT2D eigenvalue weighted by atomic mass is 19.1. The van der Waals surface area contributed by atoms with E-state index >= 15 is 0 Å². The first-order chi connectivity index (χ1) is 9.56. The summed E-state index contributed by atoms with van der Waals surface area (Å²) in [5.74, 6) is -1.09. The molecule has 0 fully saturated rings. The first-order valence-electron chi connectivity index (χ1n) is 6.60. The maximum Gasteiger partial charge on any atom is 0.126 e. The molecule has 0 spiro atoms. The maximum atomic E-state index is 13.2. The fraction of sp³-hybridized carbons (Fsp3) is 0.429. The van der Waals surface area contributed by atoms with Crippen LogP contribution in [0.25, 0.3) is 0 Å². The normalized spacial score (nSPS) is 12.6. The Kier molecular flexibility index (Phi) is 4.79. The highest BCUT2D eigenvalue weighted by molar-refractivity contribution is 5.19. The number of hydrogen-bond donors (Lipinski definition) is 1. The second kappa shape index (κ2) is 6.56. The minimum Gasteiger partial charge on any atom is -0.314 e. The zero-order valence-corrected chi connectivity index (χ0v) is 11.6. The first-order valence-corrected chi connectivity index (χ1v) is 6.60. The third-order valence-electron chi connectivity index (χ3n) is 3.00. The van der Waals surface area contributed by atoms with Crippen molar-refractivity contribution in [2.45, 2.75) is 25.8 Å². The van der Waals surface area contributed by atoms with Gasteiger partial charge in [0.15, 0.2) is 0 Å². The third-order valence-corrected chi connectivity index (χ3v) is 3.00. The maximum absolute atomic E-state index is 13.2. The van der Waals surface area contributed by atoms with Gasteiger partial charge in [0.1, 0.15) is 11.6 Å². The Morgan fingerprint density at radius 1 is 1.20 bits per heavy atom. The fourth-order valence-electron chi connectivity index (χ4n) is 2.26. The van der Waals surface area contributed by atoms with E-state index in [4.69, 9.17) is 0 Å². The van der Waals surface area contributed by atoms with Crippen molar-refractivity contribution < 1.29 is 8.78 Å². The van der Waals surface area contributed by atoms with Gasteiger partial charge >= 0.3 is 0 Å². The lowest BCUT2D eigenvalue weighted by atomic mass is 10.0. The summed E-state index contributed by atoms with van der Waals surface area (Å²) in [5.41, 5.74) is 1.49. The van der Waals surface area contributed by atoms with E-state index in [0.717, 1.165) is 18.3 Å². The molecule has 0 aliphatic rings. The minimum atomic E-state index is -0.547. The van der Waals surface area contributed by atoms with Crippen LogP contribution < -0.4 is 5.32 Å². The molecule has 0 aliphatic carbocycles. The monoisotopic (exact) mass is 280 g/mol. The molecule has 0 saturated carbocycles. The van der Waals surface area contributed by atoms with Gasteiger partial charge < -0.3 is 5.32 Å². The summed E-state index contributed by atoms with van der Waals surface area (Å²) in [6.07, 6.45) is 3.05. The number of benzene rings is 1. The topological polar surface area (TPSA) is 42.7 Å². The summed E-state index contributed by atoms with van der Waals surface area (Å²) >= 11 is 0. The molecule has 4 nitrogen and oxygen atoms in total. The third kappa shape index (κ3) is 4.09. The molecule has 0 radical (unpaired) electrons. The van der Waals surface area contributed by atoms with E-state index in [9.17, 15) is 8.78 Å². The van der Waals surface area contributed by atoms with Crippen LogP contribution in [-0.2, 0) is 19.9 Å². The van der Waals surface area contributed by atoms with E-state index in [1.807, 2.05) is 13.1 Å². The van der Waals surface area contributed by atoms with Gasteiger partial charge in [-0.15, -0.1) is 5.10 Å². The van der Waals surface area contributed by atoms with Crippen molar-refractivity contribution in [1.29, 1.82) is 0 Å². The van der Waals surface area contributed by atoms with E-state index in [2.05, 4.69) is 15.6 Å². The molecule has 2 rings (SSSR count). The summed E-state index contributed by atoms with van der Waals surface area (Å²) in [7, 11) is 1.81. The van der Waals surface area contributed by atoms with Crippen LogP contribution in [-0.4, -0.2) is 27.6 Å². The highest BCUT2D eigenvalue weighted by Crippen LogP contribution is 2.12. The highest BCUT2D eigenvalue weighted by Gasteiger charge is 2.13. The number of nitrogens with zero attached hydrogens (tertiary/aromatic N) is 3. The molecule has 108 valence electrons. The molecule has 1 aromatic carbocycles. The number of aromatic nitrogens is 3. The minimum absolute atomic E-state index is 0.0675. The Morgan fingerprint density at radius 3 is 2.45 bits per heavy atom. The molecule has 0 bridgehead atoms. The quantitative estimate of drug-likeness (QED) is 0.878. The van der Waals surface area contributed by atoms with Crippen LogP contribution in [0.15, 0.2) is 24.4 Å². The van der Waals surface area contributed by atoms with Gasteiger partial charge in [0.25, 0.3) is 0 Å². The van der Waals surface area contributed by atoms with Gasteiger partial charge in [0.2, 0.25) is 0 Å². The Morgan fingerprint density at radius 2 is 1.90 bits per heavy atom. The summed E-state index contributed by atoms with van der Waals surface area (Å²) in [4.78, 5) is 0. The zero-order valence-electron chi connectivity index (χ0n) is 11.6. The lowest BCUT2D eigenvalue weighted by Gasteiger charge is -2.16. The standard InChI is InChI=1S/C14H18F2N4/c1-3-17-13(8-14-9-20(2)19-18-14)6-10-4-11(15)7-12(16)5-10/h4-5,7,9,13,17H,3,6,8H2,1-2H3. The first kappa shape index (κ1) is 14.6. The SMILES string of the molecule is CCNC(Cc1cc(F)cc(F)c1)Cc1cn(C)nn1. The summed E-state index contributed by atoms with van der Waals surface area (Å²) in [5, 5.41) is 11.2. The van der Waals surface area contributed by atoms with Crippen LogP contribution in [0.3, 0.4) is 0 Å². The van der Waals surface area contributed by atoms with Crippen LogP contribution in [0.2, 0.25) is 0 Å². The van der Waals surface area contributed by atoms with E-state index < -0.39 is 11.6 Å². The van der Waals surface area contributed by atoms with Gasteiger partial charge in [-0.3, -0.25) is 4.68 Å². The lowest BCUT2D eigenvalue weighted by molar-refractivity contribution is 0.511. The van der Waals surface area contributed by atoms with Gasteiger partial charge in [-0.2, -0.15) is 0 Å². The van der Waals surface area contributed by atoms with Gasteiger partial charge in [0, 0.05) is 31.8 Å². The molecule has 1 aromatic heterocycles. The second-order valence-corrected chi connectivity index (χ2v) is 4.82. The van der Waals surface area contributed by atoms with E-state index in [-0.39, 0.29) is 6.04 Å². The second-order valence-electron chi connectivity index (χ2n) is 4.82. The van der Waals surface area contributed by atoms with Crippen molar-refractivity contribution in [3.8, 4) is 0 Å². The molecule has 1 atom stereocenters. The summed E-state index contributed by atoms with van der Waals surface area (Å²) in [6, 6.07) is 3.68. The van der Waals surface area contributed by atoms with E-state index in [1.165, 1.54) is 12.1 Å². The molecule has 1 N–H and O–H groups in total. The van der Waals surface area contributed by atoms with Crippen LogP contribution in [0.5, 0.6) is 0 Å². The van der Waals surface area contributed by atoms with Gasteiger partial charge in [-0.1, -0.05) is 12.1 Å². The molecule has 20 heavy (non-hydrogen) atoms. The Hall–Kier alpha value is -1.82. The predicted octanol–water partition coefficient (Wildman–Crippen LogP) is 1.86. The zero-order chi connectivity index (χ0) is 14.5. The van der Waals surface area contributed by atoms with Crippen LogP contribution >= 0.6 is 0 Å². The van der Waals surface area contributed by atoms with Crippen LogP contribution in [0, 0.1) is 11.6 Å². The van der Waals surface area contributed by atoms with Crippen molar-refractivity contribution in [2.24, 2.45) is 7.05 Å². The molecule has 6 heteroatoms. The molecule has 1 heterocycles. The molecule has 0 amide bonds. The van der Waals surface area contributed by atoms with E-state index in [1.54, 1.807) is 11.7 Å². The van der Waals surface area contributed by atoms with Crippen molar-refractivity contribution in [2.75, 3.05) is 6.54 Å². The number of hydrogen-bond acceptors (Lipinski definition) is 3. The number of aryl methyl sites for hydroxylation is 1. The van der Waals surface area contributed by atoms with Gasteiger partial charge in [-0.05, 0) is 30.7 Å². The fourth-order valence-corrected chi connectivity index (χ4v) is 2.26. The van der Waals surface area contributed by atoms with Crippen molar-refractivity contribution in [3.05, 3.63) is 47.3 Å². The predicted molar refractivity (Wildman–Crippen MR) is 72.2 cm³/mol.